The van der Waals surface area contributed by atoms with Gasteiger partial charge in [-0.05, 0) is 12.8 Å². The average molecular weight is 230 g/mol. The van der Waals surface area contributed by atoms with Crippen LogP contribution < -0.4 is 10.4 Å². The molecule has 0 aromatic heterocycles. The van der Waals surface area contributed by atoms with Crippen LogP contribution in [0, 0.1) is 0 Å². The maximum atomic E-state index is 11.1. The Morgan fingerprint density at radius 2 is 1.80 bits per heavy atom. The molecule has 4 nitrogen and oxygen atoms in total. The van der Waals surface area contributed by atoms with E-state index in [1.807, 2.05) is 0 Å². The summed E-state index contributed by atoms with van der Waals surface area (Å²) >= 11 is 0. The number of aliphatic carboxylic acids is 1. The topological polar surface area (TPSA) is 69.2 Å². The standard InChI is InChI=1S/C10H21NO3Si/c1-15(2,3)8-4-7-11-9(12)5-6-10(13)14/h4-8H2,1-3H3,(H,11,12)(H,13,14)/p-1. The number of hydrogen-bond donors (Lipinski definition) is 1. The van der Waals surface area contributed by atoms with Gasteiger partial charge in [0.15, 0.2) is 0 Å². The van der Waals surface area contributed by atoms with Gasteiger partial charge < -0.3 is 15.2 Å². The first-order valence-corrected chi connectivity index (χ1v) is 8.98. The van der Waals surface area contributed by atoms with E-state index in [0.717, 1.165) is 6.42 Å². The Bertz CT molecular complexity index is 223. The lowest BCUT2D eigenvalue weighted by molar-refractivity contribution is -0.305. The molecule has 0 aromatic carbocycles. The van der Waals surface area contributed by atoms with E-state index in [2.05, 4.69) is 25.0 Å². The van der Waals surface area contributed by atoms with Crippen LogP contribution in [-0.2, 0) is 9.59 Å². The van der Waals surface area contributed by atoms with Crippen LogP contribution in [0.3, 0.4) is 0 Å². The van der Waals surface area contributed by atoms with Crippen molar-refractivity contribution in [3.05, 3.63) is 0 Å². The maximum Gasteiger partial charge on any atom is 0.220 e. The number of carbonyl (C=O) groups is 2. The second kappa shape index (κ2) is 6.61. The first-order valence-electron chi connectivity index (χ1n) is 5.28. The van der Waals surface area contributed by atoms with Gasteiger partial charge in [0, 0.05) is 27.0 Å². The van der Waals surface area contributed by atoms with Gasteiger partial charge >= 0.3 is 0 Å². The fourth-order valence-corrected chi connectivity index (χ4v) is 2.39. The zero-order valence-electron chi connectivity index (χ0n) is 9.76. The number of rotatable bonds is 7. The van der Waals surface area contributed by atoms with Gasteiger partial charge in [-0.15, -0.1) is 0 Å². The van der Waals surface area contributed by atoms with E-state index in [1.165, 1.54) is 6.04 Å². The Hall–Kier alpha value is -0.843. The predicted molar refractivity (Wildman–Crippen MR) is 60.0 cm³/mol. The van der Waals surface area contributed by atoms with Crippen LogP contribution >= 0.6 is 0 Å². The number of carboxylic acids is 1. The molecule has 0 aromatic rings. The summed E-state index contributed by atoms with van der Waals surface area (Å²) in [6, 6.07) is 1.17. The van der Waals surface area contributed by atoms with Gasteiger partial charge in [0.2, 0.25) is 5.91 Å². The normalized spacial score (nSPS) is 11.1. The van der Waals surface area contributed by atoms with Gasteiger partial charge in [0.1, 0.15) is 0 Å². The fraction of sp³-hybridized carbons (Fsp3) is 0.800. The van der Waals surface area contributed by atoms with Crippen molar-refractivity contribution in [3.8, 4) is 0 Å². The molecule has 0 unspecified atom stereocenters. The van der Waals surface area contributed by atoms with Gasteiger partial charge in [0.25, 0.3) is 0 Å². The zero-order valence-corrected chi connectivity index (χ0v) is 10.8. The minimum Gasteiger partial charge on any atom is -0.550 e. The fourth-order valence-electron chi connectivity index (χ4n) is 1.15. The number of amides is 1. The second-order valence-corrected chi connectivity index (χ2v) is 10.5. The maximum absolute atomic E-state index is 11.1. The molecule has 0 rings (SSSR count). The van der Waals surface area contributed by atoms with Crippen molar-refractivity contribution in [2.45, 2.75) is 44.9 Å². The molecule has 5 heteroatoms. The monoisotopic (exact) mass is 230 g/mol. The van der Waals surface area contributed by atoms with Gasteiger partial charge in [-0.1, -0.05) is 25.7 Å². The molecular formula is C10H20NO3Si-. The molecule has 0 saturated heterocycles. The van der Waals surface area contributed by atoms with Crippen LogP contribution in [0.4, 0.5) is 0 Å². The Morgan fingerprint density at radius 1 is 1.20 bits per heavy atom. The number of nitrogens with one attached hydrogen (secondary N) is 1. The highest BCUT2D eigenvalue weighted by atomic mass is 28.3. The molecule has 0 radical (unpaired) electrons. The van der Waals surface area contributed by atoms with Gasteiger partial charge in [0.05, 0.1) is 0 Å². The average Bonchev–Trinajstić information content (AvgIpc) is 2.07. The van der Waals surface area contributed by atoms with E-state index in [-0.39, 0.29) is 18.7 Å². The van der Waals surface area contributed by atoms with Crippen molar-refractivity contribution in [3.63, 3.8) is 0 Å². The molecule has 0 heterocycles. The summed E-state index contributed by atoms with van der Waals surface area (Å²) in [6.45, 7) is 7.50. The first-order chi connectivity index (χ1) is 6.81. The Morgan fingerprint density at radius 3 is 2.27 bits per heavy atom. The van der Waals surface area contributed by atoms with Crippen molar-refractivity contribution in [2.75, 3.05) is 6.54 Å². The van der Waals surface area contributed by atoms with E-state index in [0.29, 0.717) is 6.54 Å². The minimum absolute atomic E-state index is 0.0231. The Kier molecular flexibility index (Phi) is 6.23. The van der Waals surface area contributed by atoms with E-state index in [9.17, 15) is 14.7 Å². The van der Waals surface area contributed by atoms with Gasteiger partial charge in [-0.25, -0.2) is 0 Å². The van der Waals surface area contributed by atoms with E-state index < -0.39 is 14.0 Å². The molecule has 0 aliphatic rings. The number of hydrogen-bond acceptors (Lipinski definition) is 3. The van der Waals surface area contributed by atoms with Crippen LogP contribution in [0.25, 0.3) is 0 Å². The molecule has 0 aliphatic carbocycles. The SMILES string of the molecule is C[Si](C)(C)CCCNC(=O)CCC(=O)[O-]. The van der Waals surface area contributed by atoms with Crippen molar-refractivity contribution < 1.29 is 14.7 Å². The van der Waals surface area contributed by atoms with Crippen molar-refractivity contribution >= 4 is 20.0 Å². The summed E-state index contributed by atoms with van der Waals surface area (Å²) in [6.07, 6.45) is 0.807. The summed E-state index contributed by atoms with van der Waals surface area (Å²) < 4.78 is 0. The Balaban J connectivity index is 3.44. The lowest BCUT2D eigenvalue weighted by Crippen LogP contribution is -2.29. The third-order valence-electron chi connectivity index (χ3n) is 1.98. The quantitative estimate of drug-likeness (QED) is 0.507. The van der Waals surface area contributed by atoms with E-state index in [1.54, 1.807) is 0 Å². The number of carboxylic acid groups (broad SMARTS) is 1. The zero-order chi connectivity index (χ0) is 11.9. The van der Waals surface area contributed by atoms with E-state index in [4.69, 9.17) is 0 Å². The molecule has 0 spiro atoms. The highest BCUT2D eigenvalue weighted by Crippen LogP contribution is 2.09. The van der Waals surface area contributed by atoms with E-state index >= 15 is 0 Å². The van der Waals surface area contributed by atoms with Crippen molar-refractivity contribution in [1.82, 2.24) is 5.32 Å². The summed E-state index contributed by atoms with van der Waals surface area (Å²) in [5.74, 6) is -1.37. The molecule has 15 heavy (non-hydrogen) atoms. The summed E-state index contributed by atoms with van der Waals surface area (Å²) in [7, 11) is -1.02. The molecule has 88 valence electrons. The minimum atomic E-state index is -1.17. The van der Waals surface area contributed by atoms with Crippen LogP contribution in [0.1, 0.15) is 19.3 Å². The Labute approximate surface area is 92.1 Å². The first kappa shape index (κ1) is 14.2. The molecule has 0 aliphatic heterocycles. The molecule has 1 amide bonds. The van der Waals surface area contributed by atoms with Gasteiger partial charge in [-0.2, -0.15) is 0 Å². The summed E-state index contributed by atoms with van der Waals surface area (Å²) in [5, 5.41) is 12.8. The predicted octanol–water partition coefficient (Wildman–Crippen LogP) is 0.361. The molecular weight excluding hydrogens is 210 g/mol. The third kappa shape index (κ3) is 11.1. The number of carbonyl (C=O) groups excluding carboxylic acids is 2. The molecule has 0 fully saturated rings. The van der Waals surface area contributed by atoms with Crippen molar-refractivity contribution in [2.24, 2.45) is 0 Å². The molecule has 0 bridgehead atoms. The molecule has 1 N–H and O–H groups in total. The largest absolute Gasteiger partial charge is 0.550 e. The summed E-state index contributed by atoms with van der Waals surface area (Å²) in [5.41, 5.74) is 0. The second-order valence-electron chi connectivity index (χ2n) is 4.89. The van der Waals surface area contributed by atoms with Crippen molar-refractivity contribution in [1.29, 1.82) is 0 Å². The highest BCUT2D eigenvalue weighted by Gasteiger charge is 2.11. The van der Waals surface area contributed by atoms with Crippen LogP contribution in [0.5, 0.6) is 0 Å². The van der Waals surface area contributed by atoms with Crippen LogP contribution in [0.15, 0.2) is 0 Å². The summed E-state index contributed by atoms with van der Waals surface area (Å²) in [4.78, 5) is 21.2. The third-order valence-corrected chi connectivity index (χ3v) is 3.84. The van der Waals surface area contributed by atoms with Crippen LogP contribution in [-0.4, -0.2) is 26.5 Å². The smallest absolute Gasteiger partial charge is 0.220 e. The molecule has 0 atom stereocenters. The molecule has 0 saturated carbocycles. The lowest BCUT2D eigenvalue weighted by atomic mass is 10.3. The highest BCUT2D eigenvalue weighted by molar-refractivity contribution is 6.76. The van der Waals surface area contributed by atoms with Crippen LogP contribution in [0.2, 0.25) is 25.7 Å². The van der Waals surface area contributed by atoms with Gasteiger partial charge in [-0.3, -0.25) is 4.79 Å². The lowest BCUT2D eigenvalue weighted by Gasteiger charge is -2.15.